The average molecular weight is 220 g/mol. The van der Waals surface area contributed by atoms with Crippen molar-refractivity contribution in [1.82, 2.24) is 0 Å². The number of hydrogen-bond donors (Lipinski definition) is 0. The first-order valence-corrected chi connectivity index (χ1v) is 5.50. The van der Waals surface area contributed by atoms with Gasteiger partial charge in [-0.15, -0.1) is 0 Å². The molecule has 0 heterocycles. The van der Waals surface area contributed by atoms with Gasteiger partial charge in [-0.1, -0.05) is 45.0 Å². The summed E-state index contributed by atoms with van der Waals surface area (Å²) in [6.45, 7) is 7.98. The number of Topliss-reactive ketones (excluding diaryl/α,β-unsaturated/α-hetero) is 1. The summed E-state index contributed by atoms with van der Waals surface area (Å²) in [5.41, 5.74) is 1.57. The fourth-order valence-electron chi connectivity index (χ4n) is 1.84. The van der Waals surface area contributed by atoms with Crippen LogP contribution in [0, 0.1) is 12.3 Å². The molecule has 1 aromatic rings. The lowest BCUT2D eigenvalue weighted by molar-refractivity contribution is 0.0195. The Hall–Kier alpha value is -1.15. The zero-order valence-corrected chi connectivity index (χ0v) is 10.7. The van der Waals surface area contributed by atoms with E-state index < -0.39 is 6.10 Å². The van der Waals surface area contributed by atoms with Crippen molar-refractivity contribution in [3.05, 3.63) is 35.4 Å². The third-order valence-corrected chi connectivity index (χ3v) is 2.67. The molecule has 0 radical (unpaired) electrons. The maximum Gasteiger partial charge on any atom is 0.192 e. The fraction of sp³-hybridized carbons (Fsp3) is 0.500. The minimum absolute atomic E-state index is 0.0631. The van der Waals surface area contributed by atoms with Gasteiger partial charge in [0.05, 0.1) is 0 Å². The first kappa shape index (κ1) is 12.9. The minimum Gasteiger partial charge on any atom is -0.373 e. The normalized spacial score (nSPS) is 13.6. The molecule has 2 nitrogen and oxygen atoms in total. The van der Waals surface area contributed by atoms with Crippen LogP contribution in [0.1, 0.15) is 36.7 Å². The van der Waals surface area contributed by atoms with Crippen molar-refractivity contribution < 1.29 is 9.53 Å². The number of carbonyl (C=O) groups is 1. The van der Waals surface area contributed by atoms with Crippen LogP contribution in [0.4, 0.5) is 0 Å². The van der Waals surface area contributed by atoms with E-state index in [2.05, 4.69) is 0 Å². The number of benzene rings is 1. The highest BCUT2D eigenvalue weighted by atomic mass is 16.5. The number of methoxy groups -OCH3 is 1. The van der Waals surface area contributed by atoms with Crippen molar-refractivity contribution in [1.29, 1.82) is 0 Å². The van der Waals surface area contributed by atoms with E-state index in [9.17, 15) is 4.79 Å². The molecule has 16 heavy (non-hydrogen) atoms. The summed E-state index contributed by atoms with van der Waals surface area (Å²) in [5.74, 6) is 0.0631. The minimum atomic E-state index is -0.395. The molecule has 0 aliphatic carbocycles. The molecule has 1 atom stereocenters. The maximum atomic E-state index is 12.3. The highest BCUT2D eigenvalue weighted by Crippen LogP contribution is 2.25. The van der Waals surface area contributed by atoms with E-state index in [1.807, 2.05) is 52.0 Å². The largest absolute Gasteiger partial charge is 0.373 e. The maximum absolute atomic E-state index is 12.3. The molecule has 0 aromatic heterocycles. The lowest BCUT2D eigenvalue weighted by Crippen LogP contribution is -2.36. The SMILES string of the molecule is COC(C(=O)c1ccccc1C)C(C)(C)C. The Kier molecular flexibility index (Phi) is 3.87. The number of ketones is 1. The molecule has 1 unspecified atom stereocenters. The molecule has 0 N–H and O–H groups in total. The van der Waals surface area contributed by atoms with Crippen LogP contribution >= 0.6 is 0 Å². The Morgan fingerprint density at radius 2 is 1.81 bits per heavy atom. The molecule has 1 aromatic carbocycles. The van der Waals surface area contributed by atoms with Crippen LogP contribution < -0.4 is 0 Å². The second-order valence-electron chi connectivity index (χ2n) is 5.16. The predicted octanol–water partition coefficient (Wildman–Crippen LogP) is 3.24. The van der Waals surface area contributed by atoms with Gasteiger partial charge in [0.1, 0.15) is 6.10 Å². The van der Waals surface area contributed by atoms with Crippen LogP contribution in [0.3, 0.4) is 0 Å². The molecule has 88 valence electrons. The summed E-state index contributed by atoms with van der Waals surface area (Å²) in [7, 11) is 1.59. The van der Waals surface area contributed by atoms with Gasteiger partial charge in [-0.05, 0) is 17.9 Å². The molecule has 0 spiro atoms. The zero-order chi connectivity index (χ0) is 12.3. The number of hydrogen-bond acceptors (Lipinski definition) is 2. The fourth-order valence-corrected chi connectivity index (χ4v) is 1.84. The molecule has 0 bridgehead atoms. The van der Waals surface area contributed by atoms with E-state index in [-0.39, 0.29) is 11.2 Å². The molecule has 0 saturated carbocycles. The van der Waals surface area contributed by atoms with E-state index in [0.717, 1.165) is 11.1 Å². The monoisotopic (exact) mass is 220 g/mol. The highest BCUT2D eigenvalue weighted by molar-refractivity contribution is 6.01. The van der Waals surface area contributed by atoms with Crippen molar-refractivity contribution in [2.24, 2.45) is 5.41 Å². The number of aryl methyl sites for hydroxylation is 1. The highest BCUT2D eigenvalue weighted by Gasteiger charge is 2.32. The lowest BCUT2D eigenvalue weighted by Gasteiger charge is -2.28. The predicted molar refractivity (Wildman–Crippen MR) is 65.8 cm³/mol. The van der Waals surface area contributed by atoms with Crippen LogP contribution in [-0.2, 0) is 4.74 Å². The Morgan fingerprint density at radius 3 is 2.25 bits per heavy atom. The summed E-state index contributed by atoms with van der Waals surface area (Å²) in [4.78, 5) is 12.3. The Morgan fingerprint density at radius 1 is 1.25 bits per heavy atom. The Bertz CT molecular complexity index is 375. The second-order valence-corrected chi connectivity index (χ2v) is 5.16. The van der Waals surface area contributed by atoms with E-state index in [4.69, 9.17) is 4.74 Å². The van der Waals surface area contributed by atoms with Gasteiger partial charge in [0.2, 0.25) is 0 Å². The van der Waals surface area contributed by atoms with E-state index in [0.29, 0.717) is 0 Å². The molecule has 0 saturated heterocycles. The molecular formula is C14H20O2. The molecule has 0 fully saturated rings. The molecule has 0 aliphatic heterocycles. The van der Waals surface area contributed by atoms with E-state index in [1.165, 1.54) is 0 Å². The third-order valence-electron chi connectivity index (χ3n) is 2.67. The van der Waals surface area contributed by atoms with Gasteiger partial charge in [0.15, 0.2) is 5.78 Å². The summed E-state index contributed by atoms with van der Waals surface area (Å²) in [6, 6.07) is 7.62. The molecular weight excluding hydrogens is 200 g/mol. The van der Waals surface area contributed by atoms with Gasteiger partial charge < -0.3 is 4.74 Å². The number of ether oxygens (including phenoxy) is 1. The summed E-state index contributed by atoms with van der Waals surface area (Å²) < 4.78 is 5.34. The van der Waals surface area contributed by atoms with Crippen molar-refractivity contribution in [3.8, 4) is 0 Å². The van der Waals surface area contributed by atoms with Gasteiger partial charge >= 0.3 is 0 Å². The van der Waals surface area contributed by atoms with Crippen molar-refractivity contribution in [2.45, 2.75) is 33.8 Å². The second kappa shape index (κ2) is 4.79. The van der Waals surface area contributed by atoms with Gasteiger partial charge in [-0.3, -0.25) is 4.79 Å². The van der Waals surface area contributed by atoms with Gasteiger partial charge in [0.25, 0.3) is 0 Å². The van der Waals surface area contributed by atoms with E-state index >= 15 is 0 Å². The van der Waals surface area contributed by atoms with Crippen molar-refractivity contribution >= 4 is 5.78 Å². The third kappa shape index (κ3) is 2.70. The van der Waals surface area contributed by atoms with Crippen LogP contribution in [0.25, 0.3) is 0 Å². The lowest BCUT2D eigenvalue weighted by atomic mass is 9.83. The Balaban J connectivity index is 3.06. The van der Waals surface area contributed by atoms with Crippen molar-refractivity contribution in [2.75, 3.05) is 7.11 Å². The first-order valence-electron chi connectivity index (χ1n) is 5.50. The summed E-state index contributed by atoms with van der Waals surface area (Å²) in [6.07, 6.45) is -0.395. The van der Waals surface area contributed by atoms with Crippen molar-refractivity contribution in [3.63, 3.8) is 0 Å². The summed E-state index contributed by atoms with van der Waals surface area (Å²) >= 11 is 0. The smallest absolute Gasteiger partial charge is 0.192 e. The van der Waals surface area contributed by atoms with Gasteiger partial charge in [0, 0.05) is 12.7 Å². The van der Waals surface area contributed by atoms with Gasteiger partial charge in [-0.2, -0.15) is 0 Å². The zero-order valence-electron chi connectivity index (χ0n) is 10.7. The number of rotatable bonds is 3. The summed E-state index contributed by atoms with van der Waals surface area (Å²) in [5, 5.41) is 0. The first-order chi connectivity index (χ1) is 7.38. The standard InChI is InChI=1S/C14H20O2/c1-10-8-6-7-9-11(10)12(15)13(16-5)14(2,3)4/h6-9,13H,1-5H3. The topological polar surface area (TPSA) is 26.3 Å². The van der Waals surface area contributed by atoms with Gasteiger partial charge in [-0.25, -0.2) is 0 Å². The van der Waals surface area contributed by atoms with Crippen LogP contribution in [0.5, 0.6) is 0 Å². The molecule has 2 heteroatoms. The number of carbonyl (C=O) groups excluding carboxylic acids is 1. The quantitative estimate of drug-likeness (QED) is 0.731. The average Bonchev–Trinajstić information content (AvgIpc) is 2.17. The Labute approximate surface area is 97.6 Å². The molecule has 0 aliphatic rings. The molecule has 1 rings (SSSR count). The van der Waals surface area contributed by atoms with E-state index in [1.54, 1.807) is 7.11 Å². The molecule has 0 amide bonds. The van der Waals surface area contributed by atoms with Crippen LogP contribution in [0.2, 0.25) is 0 Å². The van der Waals surface area contributed by atoms with Crippen LogP contribution in [-0.4, -0.2) is 19.0 Å². The van der Waals surface area contributed by atoms with Crippen LogP contribution in [0.15, 0.2) is 24.3 Å².